The van der Waals surface area contributed by atoms with E-state index in [-0.39, 0.29) is 5.78 Å². The van der Waals surface area contributed by atoms with Crippen LogP contribution in [0.2, 0.25) is 0 Å². The van der Waals surface area contributed by atoms with Gasteiger partial charge in [0.15, 0.2) is 5.78 Å². The van der Waals surface area contributed by atoms with Gasteiger partial charge in [0.05, 0.1) is 6.20 Å². The van der Waals surface area contributed by atoms with E-state index in [1.165, 1.54) is 0 Å². The smallest absolute Gasteiger partial charge is 0.185 e. The molecule has 0 atom stereocenters. The molecule has 0 bridgehead atoms. The van der Waals surface area contributed by atoms with Gasteiger partial charge in [-0.3, -0.25) is 9.48 Å². The number of hydrogen-bond acceptors (Lipinski definition) is 2. The first-order valence-corrected chi connectivity index (χ1v) is 6.42. The lowest BCUT2D eigenvalue weighted by Crippen LogP contribution is -1.93. The molecule has 0 aliphatic rings. The molecule has 0 aliphatic carbocycles. The molecule has 1 aromatic heterocycles. The number of nitrogens with zero attached hydrogens (tertiary/aromatic N) is 2. The van der Waals surface area contributed by atoms with Gasteiger partial charge in [0.1, 0.15) is 0 Å². The summed E-state index contributed by atoms with van der Waals surface area (Å²) in [4.78, 5) is 12.2. The topological polar surface area (TPSA) is 34.9 Å². The molecule has 3 nitrogen and oxygen atoms in total. The summed E-state index contributed by atoms with van der Waals surface area (Å²) >= 11 is 0. The van der Waals surface area contributed by atoms with E-state index in [2.05, 4.69) is 5.10 Å². The van der Waals surface area contributed by atoms with Crippen molar-refractivity contribution < 1.29 is 4.79 Å². The van der Waals surface area contributed by atoms with E-state index >= 15 is 0 Å². The number of carbonyl (C=O) groups excluding carboxylic acids is 1. The minimum absolute atomic E-state index is 0.000365. The van der Waals surface area contributed by atoms with Crippen molar-refractivity contribution in [1.29, 1.82) is 0 Å². The van der Waals surface area contributed by atoms with Crippen LogP contribution in [0.5, 0.6) is 0 Å². The van der Waals surface area contributed by atoms with E-state index in [9.17, 15) is 4.79 Å². The fourth-order valence-electron chi connectivity index (χ4n) is 2.14. The van der Waals surface area contributed by atoms with E-state index in [4.69, 9.17) is 0 Å². The zero-order valence-electron chi connectivity index (χ0n) is 11.2. The Balaban J connectivity index is 1.86. The molecule has 3 heteroatoms. The third kappa shape index (κ3) is 2.52. The first-order chi connectivity index (χ1) is 9.72. The first-order valence-electron chi connectivity index (χ1n) is 6.42. The summed E-state index contributed by atoms with van der Waals surface area (Å²) in [6.07, 6.45) is 6.96. The Bertz CT molecular complexity index is 799. The summed E-state index contributed by atoms with van der Waals surface area (Å²) in [7, 11) is 1.85. The van der Waals surface area contributed by atoms with Crippen LogP contribution in [0.25, 0.3) is 16.8 Å². The van der Waals surface area contributed by atoms with Crippen molar-refractivity contribution in [2.75, 3.05) is 0 Å². The average molecular weight is 262 g/mol. The zero-order chi connectivity index (χ0) is 13.9. The molecule has 0 unspecified atom stereocenters. The quantitative estimate of drug-likeness (QED) is 0.535. The number of benzene rings is 2. The maximum absolute atomic E-state index is 12.2. The molecule has 0 saturated carbocycles. The van der Waals surface area contributed by atoms with Gasteiger partial charge < -0.3 is 0 Å². The van der Waals surface area contributed by atoms with Crippen molar-refractivity contribution in [3.8, 4) is 0 Å². The Morgan fingerprint density at radius 2 is 1.95 bits per heavy atom. The molecular weight excluding hydrogens is 248 g/mol. The second kappa shape index (κ2) is 5.13. The number of aromatic nitrogens is 2. The van der Waals surface area contributed by atoms with Gasteiger partial charge in [-0.2, -0.15) is 5.10 Å². The Morgan fingerprint density at radius 3 is 2.70 bits per heavy atom. The number of rotatable bonds is 3. The highest BCUT2D eigenvalue weighted by Crippen LogP contribution is 2.16. The van der Waals surface area contributed by atoms with Crippen LogP contribution in [0.15, 0.2) is 60.9 Å². The van der Waals surface area contributed by atoms with Gasteiger partial charge in [0, 0.05) is 24.4 Å². The van der Waals surface area contributed by atoms with Gasteiger partial charge in [0.2, 0.25) is 0 Å². The fourth-order valence-corrected chi connectivity index (χ4v) is 2.14. The van der Waals surface area contributed by atoms with Crippen LogP contribution in [-0.4, -0.2) is 15.6 Å². The molecule has 1 heterocycles. The molecule has 0 spiro atoms. The number of allylic oxidation sites excluding steroid dienone is 1. The highest BCUT2D eigenvalue weighted by Gasteiger charge is 2.03. The fraction of sp³-hybridized carbons (Fsp3) is 0.0588. The summed E-state index contributed by atoms with van der Waals surface area (Å²) in [6.45, 7) is 0. The van der Waals surface area contributed by atoms with E-state index in [0.717, 1.165) is 16.3 Å². The summed E-state index contributed by atoms with van der Waals surface area (Å²) in [5, 5.41) is 6.28. The lowest BCUT2D eigenvalue weighted by molar-refractivity contribution is 0.104. The van der Waals surface area contributed by atoms with E-state index in [0.29, 0.717) is 5.56 Å². The van der Waals surface area contributed by atoms with Crippen molar-refractivity contribution in [1.82, 2.24) is 9.78 Å². The highest BCUT2D eigenvalue weighted by atomic mass is 16.1. The summed E-state index contributed by atoms with van der Waals surface area (Å²) < 4.78 is 1.71. The Morgan fingerprint density at radius 1 is 1.15 bits per heavy atom. The van der Waals surface area contributed by atoms with Crippen LogP contribution in [0.1, 0.15) is 15.9 Å². The molecule has 20 heavy (non-hydrogen) atoms. The second-order valence-corrected chi connectivity index (χ2v) is 4.71. The van der Waals surface area contributed by atoms with Gasteiger partial charge >= 0.3 is 0 Å². The van der Waals surface area contributed by atoms with Crippen molar-refractivity contribution in [3.05, 3.63) is 72.1 Å². The van der Waals surface area contributed by atoms with Crippen molar-refractivity contribution in [2.45, 2.75) is 0 Å². The van der Waals surface area contributed by atoms with Crippen LogP contribution < -0.4 is 0 Å². The minimum atomic E-state index is -0.000365. The SMILES string of the molecule is Cn1cc(/C=C/C(=O)c2ccc3ccccc3c2)cn1. The second-order valence-electron chi connectivity index (χ2n) is 4.71. The molecule has 3 aromatic rings. The average Bonchev–Trinajstić information content (AvgIpc) is 2.90. The van der Waals surface area contributed by atoms with Gasteiger partial charge in [-0.05, 0) is 29.0 Å². The molecule has 98 valence electrons. The molecule has 0 saturated heterocycles. The predicted molar refractivity (Wildman–Crippen MR) is 80.5 cm³/mol. The van der Waals surface area contributed by atoms with Gasteiger partial charge in [-0.15, -0.1) is 0 Å². The molecule has 0 N–H and O–H groups in total. The Kier molecular flexibility index (Phi) is 3.17. The lowest BCUT2D eigenvalue weighted by Gasteiger charge is -2.00. The molecule has 0 aliphatic heterocycles. The monoisotopic (exact) mass is 262 g/mol. The van der Waals surface area contributed by atoms with Crippen LogP contribution in [0.4, 0.5) is 0 Å². The maximum atomic E-state index is 12.2. The zero-order valence-corrected chi connectivity index (χ0v) is 11.2. The molecule has 0 amide bonds. The predicted octanol–water partition coefficient (Wildman–Crippen LogP) is 3.47. The van der Waals surface area contributed by atoms with E-state index < -0.39 is 0 Å². The standard InChI is InChI=1S/C17H14N2O/c1-19-12-13(11-18-19)6-9-17(20)16-8-7-14-4-2-3-5-15(14)10-16/h2-12H,1H3/b9-6+. The van der Waals surface area contributed by atoms with Gasteiger partial charge in [-0.1, -0.05) is 36.4 Å². The number of ketones is 1. The highest BCUT2D eigenvalue weighted by molar-refractivity contribution is 6.08. The Hall–Kier alpha value is -2.68. The number of hydrogen-bond donors (Lipinski definition) is 0. The van der Waals surface area contributed by atoms with Gasteiger partial charge in [0.25, 0.3) is 0 Å². The molecular formula is C17H14N2O. The van der Waals surface area contributed by atoms with Crippen LogP contribution in [-0.2, 0) is 7.05 Å². The molecule has 2 aromatic carbocycles. The van der Waals surface area contributed by atoms with Crippen LogP contribution in [0, 0.1) is 0 Å². The van der Waals surface area contributed by atoms with E-state index in [1.54, 1.807) is 23.0 Å². The normalized spacial score (nSPS) is 11.2. The Labute approximate surface area is 117 Å². The third-order valence-electron chi connectivity index (χ3n) is 3.19. The number of carbonyl (C=O) groups is 1. The minimum Gasteiger partial charge on any atom is -0.289 e. The molecule has 0 fully saturated rings. The largest absolute Gasteiger partial charge is 0.289 e. The first kappa shape index (κ1) is 12.4. The summed E-state index contributed by atoms with van der Waals surface area (Å²) in [5.41, 5.74) is 1.62. The van der Waals surface area contributed by atoms with Gasteiger partial charge in [-0.25, -0.2) is 0 Å². The van der Waals surface area contributed by atoms with E-state index in [1.807, 2.05) is 55.7 Å². The van der Waals surface area contributed by atoms with Crippen molar-refractivity contribution >= 4 is 22.6 Å². The maximum Gasteiger partial charge on any atom is 0.185 e. The number of fused-ring (bicyclic) bond motifs is 1. The van der Waals surface area contributed by atoms with Crippen LogP contribution in [0.3, 0.4) is 0 Å². The lowest BCUT2D eigenvalue weighted by atomic mass is 10.0. The molecule has 0 radical (unpaired) electrons. The summed E-state index contributed by atoms with van der Waals surface area (Å²) in [5.74, 6) is -0.000365. The number of aryl methyl sites for hydroxylation is 1. The third-order valence-corrected chi connectivity index (χ3v) is 3.19. The van der Waals surface area contributed by atoms with Crippen molar-refractivity contribution in [2.24, 2.45) is 7.05 Å². The van der Waals surface area contributed by atoms with Crippen molar-refractivity contribution in [3.63, 3.8) is 0 Å². The van der Waals surface area contributed by atoms with Crippen LogP contribution >= 0.6 is 0 Å². The molecule has 3 rings (SSSR count). The summed E-state index contributed by atoms with van der Waals surface area (Å²) in [6, 6.07) is 13.8.